The second-order valence-corrected chi connectivity index (χ2v) is 4.19. The summed E-state index contributed by atoms with van der Waals surface area (Å²) in [5.41, 5.74) is -0.907. The molecule has 0 aliphatic rings. The van der Waals surface area contributed by atoms with Crippen LogP contribution in [-0.4, -0.2) is 30.1 Å². The number of amides is 1. The van der Waals surface area contributed by atoms with Crippen molar-refractivity contribution in [1.29, 1.82) is 0 Å². The van der Waals surface area contributed by atoms with E-state index in [0.717, 1.165) is 6.07 Å². The van der Waals surface area contributed by atoms with E-state index in [1.165, 1.54) is 25.1 Å². The number of ether oxygens (including phenoxy) is 1. The molecule has 0 aromatic heterocycles. The number of alkyl halides is 3. The van der Waals surface area contributed by atoms with Crippen LogP contribution in [0.3, 0.4) is 0 Å². The number of nitrogens with one attached hydrogen (secondary N) is 1. The highest BCUT2D eigenvalue weighted by atomic mass is 19.4. The van der Waals surface area contributed by atoms with Crippen LogP contribution in [0, 0.1) is 5.92 Å². The summed E-state index contributed by atoms with van der Waals surface area (Å²) in [4.78, 5) is 21.8. The molecule has 116 valence electrons. The molecule has 21 heavy (non-hydrogen) atoms. The van der Waals surface area contributed by atoms with Crippen molar-refractivity contribution >= 4 is 11.9 Å². The Balaban J connectivity index is 2.51. The largest absolute Gasteiger partial charge is 0.491 e. The Morgan fingerprint density at radius 3 is 2.52 bits per heavy atom. The van der Waals surface area contributed by atoms with E-state index in [1.54, 1.807) is 0 Å². The molecule has 1 amide bonds. The van der Waals surface area contributed by atoms with Gasteiger partial charge >= 0.3 is 12.1 Å². The number of hydrogen-bond acceptors (Lipinski definition) is 3. The molecular weight excluding hydrogens is 291 g/mol. The van der Waals surface area contributed by atoms with Crippen LogP contribution in [0.5, 0.6) is 5.75 Å². The summed E-state index contributed by atoms with van der Waals surface area (Å²) in [5.74, 6) is -3.58. The van der Waals surface area contributed by atoms with Gasteiger partial charge in [-0.1, -0.05) is 12.1 Å². The van der Waals surface area contributed by atoms with Crippen molar-refractivity contribution in [2.45, 2.75) is 13.1 Å². The van der Waals surface area contributed by atoms with Crippen LogP contribution in [0.4, 0.5) is 13.2 Å². The Hall–Kier alpha value is -2.25. The minimum atomic E-state index is -4.53. The van der Waals surface area contributed by atoms with Crippen molar-refractivity contribution in [2.75, 3.05) is 13.2 Å². The summed E-state index contributed by atoms with van der Waals surface area (Å²) in [6.45, 7) is 0.908. The quantitative estimate of drug-likeness (QED) is 0.622. The molecule has 1 unspecified atom stereocenters. The summed E-state index contributed by atoms with van der Waals surface area (Å²) < 4.78 is 43.0. The minimum Gasteiger partial charge on any atom is -0.491 e. The molecular formula is C13H14F3NO4. The van der Waals surface area contributed by atoms with Crippen molar-refractivity contribution < 1.29 is 32.6 Å². The molecule has 0 saturated carbocycles. The Morgan fingerprint density at radius 2 is 1.95 bits per heavy atom. The van der Waals surface area contributed by atoms with Gasteiger partial charge in [-0.05, 0) is 19.1 Å². The van der Waals surface area contributed by atoms with Crippen LogP contribution in [0.1, 0.15) is 12.5 Å². The number of aliphatic carboxylic acids is 1. The molecule has 5 nitrogen and oxygen atoms in total. The van der Waals surface area contributed by atoms with Crippen molar-refractivity contribution in [1.82, 2.24) is 5.32 Å². The summed E-state index contributed by atoms with van der Waals surface area (Å²) in [7, 11) is 0. The normalized spacial score (nSPS) is 12.6. The van der Waals surface area contributed by atoms with Gasteiger partial charge in [0, 0.05) is 0 Å². The van der Waals surface area contributed by atoms with Gasteiger partial charge in [0.25, 0.3) is 0 Å². The van der Waals surface area contributed by atoms with Crippen LogP contribution in [0.2, 0.25) is 0 Å². The topological polar surface area (TPSA) is 75.6 Å². The van der Waals surface area contributed by atoms with Gasteiger partial charge in [-0.2, -0.15) is 13.2 Å². The molecule has 0 aliphatic heterocycles. The zero-order valence-electron chi connectivity index (χ0n) is 11.1. The van der Waals surface area contributed by atoms with Crippen LogP contribution in [0.25, 0.3) is 0 Å². The lowest BCUT2D eigenvalue weighted by atomic mass is 10.2. The third-order valence-corrected chi connectivity index (χ3v) is 2.62. The molecule has 1 rings (SSSR count). The number of carboxylic acid groups (broad SMARTS) is 1. The number of para-hydroxylation sites is 1. The molecule has 8 heteroatoms. The smallest absolute Gasteiger partial charge is 0.419 e. The van der Waals surface area contributed by atoms with Gasteiger partial charge in [0.05, 0.1) is 12.1 Å². The fraction of sp³-hybridized carbons (Fsp3) is 0.385. The van der Waals surface area contributed by atoms with E-state index >= 15 is 0 Å². The van der Waals surface area contributed by atoms with Crippen LogP contribution < -0.4 is 10.1 Å². The highest BCUT2D eigenvalue weighted by molar-refractivity contribution is 5.96. The van der Waals surface area contributed by atoms with Gasteiger partial charge < -0.3 is 15.2 Å². The van der Waals surface area contributed by atoms with E-state index in [0.29, 0.717) is 0 Å². The minimum absolute atomic E-state index is 0.0946. The average Bonchev–Trinajstić information content (AvgIpc) is 2.41. The van der Waals surface area contributed by atoms with E-state index in [-0.39, 0.29) is 18.9 Å². The molecule has 1 atom stereocenters. The van der Waals surface area contributed by atoms with E-state index in [4.69, 9.17) is 9.84 Å². The zero-order chi connectivity index (χ0) is 16.0. The molecule has 0 radical (unpaired) electrons. The van der Waals surface area contributed by atoms with Crippen LogP contribution in [-0.2, 0) is 15.8 Å². The predicted octanol–water partition coefficient (Wildman–Crippen LogP) is 1.92. The number of carboxylic acids is 1. The van der Waals surface area contributed by atoms with Gasteiger partial charge in [0.1, 0.15) is 18.3 Å². The zero-order valence-corrected chi connectivity index (χ0v) is 11.1. The molecule has 0 saturated heterocycles. The molecule has 1 aromatic carbocycles. The number of rotatable bonds is 6. The fourth-order valence-corrected chi connectivity index (χ4v) is 1.43. The highest BCUT2D eigenvalue weighted by Crippen LogP contribution is 2.35. The third kappa shape index (κ3) is 4.97. The molecule has 0 aliphatic carbocycles. The maximum Gasteiger partial charge on any atom is 0.419 e. The molecule has 0 spiro atoms. The molecule has 0 bridgehead atoms. The Morgan fingerprint density at radius 1 is 1.33 bits per heavy atom. The maximum atomic E-state index is 12.7. The first kappa shape index (κ1) is 16.8. The van der Waals surface area contributed by atoms with Crippen molar-refractivity contribution in [3.63, 3.8) is 0 Å². The molecule has 2 N–H and O–H groups in total. The average molecular weight is 305 g/mol. The van der Waals surface area contributed by atoms with Gasteiger partial charge in [0.2, 0.25) is 5.91 Å². The van der Waals surface area contributed by atoms with Crippen molar-refractivity contribution in [3.8, 4) is 5.75 Å². The SMILES string of the molecule is CC(C(=O)O)C(=O)NCCOc1ccccc1C(F)(F)F. The number of halogens is 3. The first-order valence-electron chi connectivity index (χ1n) is 6.03. The van der Waals surface area contributed by atoms with E-state index in [9.17, 15) is 22.8 Å². The summed E-state index contributed by atoms with van der Waals surface area (Å²) in [6.07, 6.45) is -4.53. The Labute approximate surface area is 118 Å². The lowest BCUT2D eigenvalue weighted by Gasteiger charge is -2.14. The predicted molar refractivity (Wildman–Crippen MR) is 66.7 cm³/mol. The van der Waals surface area contributed by atoms with Gasteiger partial charge in [-0.25, -0.2) is 0 Å². The fourth-order valence-electron chi connectivity index (χ4n) is 1.43. The highest BCUT2D eigenvalue weighted by Gasteiger charge is 2.33. The number of carbonyl (C=O) groups excluding carboxylic acids is 1. The van der Waals surface area contributed by atoms with Crippen molar-refractivity contribution in [2.24, 2.45) is 5.92 Å². The number of benzene rings is 1. The number of hydrogen-bond donors (Lipinski definition) is 2. The van der Waals surface area contributed by atoms with Crippen LogP contribution >= 0.6 is 0 Å². The molecule has 0 fully saturated rings. The van der Waals surface area contributed by atoms with E-state index < -0.39 is 29.5 Å². The van der Waals surface area contributed by atoms with E-state index in [2.05, 4.69) is 5.32 Å². The summed E-state index contributed by atoms with van der Waals surface area (Å²) in [5, 5.41) is 10.9. The van der Waals surface area contributed by atoms with Crippen LogP contribution in [0.15, 0.2) is 24.3 Å². The number of carbonyl (C=O) groups is 2. The maximum absolute atomic E-state index is 12.7. The lowest BCUT2D eigenvalue weighted by Crippen LogP contribution is -2.36. The van der Waals surface area contributed by atoms with E-state index in [1.807, 2.05) is 0 Å². The van der Waals surface area contributed by atoms with Crippen molar-refractivity contribution in [3.05, 3.63) is 29.8 Å². The lowest BCUT2D eigenvalue weighted by molar-refractivity contribution is -0.146. The summed E-state index contributed by atoms with van der Waals surface area (Å²) in [6, 6.07) is 4.70. The first-order chi connectivity index (χ1) is 9.73. The van der Waals surface area contributed by atoms with Gasteiger partial charge in [-0.15, -0.1) is 0 Å². The Kier molecular flexibility index (Phi) is 5.57. The third-order valence-electron chi connectivity index (χ3n) is 2.62. The molecule has 0 heterocycles. The first-order valence-corrected chi connectivity index (χ1v) is 6.03. The standard InChI is InChI=1S/C13H14F3NO4/c1-8(12(19)20)11(18)17-6-7-21-10-5-3-2-4-9(10)13(14,15)16/h2-5,8H,6-7H2,1H3,(H,17,18)(H,19,20). The Bertz CT molecular complexity index is 516. The summed E-state index contributed by atoms with van der Waals surface area (Å²) >= 11 is 0. The monoisotopic (exact) mass is 305 g/mol. The second kappa shape index (κ2) is 6.96. The van der Waals surface area contributed by atoms with Gasteiger partial charge in [0.15, 0.2) is 0 Å². The van der Waals surface area contributed by atoms with Gasteiger partial charge in [-0.3, -0.25) is 9.59 Å². The second-order valence-electron chi connectivity index (χ2n) is 4.19. The molecule has 1 aromatic rings.